The molecule has 0 saturated carbocycles. The Labute approximate surface area is 669 Å². The summed E-state index contributed by atoms with van der Waals surface area (Å²) in [4.78, 5) is 70.3. The van der Waals surface area contributed by atoms with Gasteiger partial charge in [0.1, 0.15) is 128 Å². The van der Waals surface area contributed by atoms with Crippen molar-refractivity contribution in [1.29, 1.82) is 0 Å². The Balaban J connectivity index is 1.21. The third kappa shape index (κ3) is 26.6. The van der Waals surface area contributed by atoms with Crippen LogP contribution in [0.5, 0.6) is 0 Å². The Morgan fingerprint density at radius 3 is 0.446 bits per heavy atom. The summed E-state index contributed by atoms with van der Waals surface area (Å²) < 4.78 is 87.6. The van der Waals surface area contributed by atoms with Crippen LogP contribution >= 0.6 is 82.3 Å². The van der Waals surface area contributed by atoms with Crippen LogP contribution in [0.25, 0.3) is 0 Å². The first-order valence-electron chi connectivity index (χ1n) is 35.6. The van der Waals surface area contributed by atoms with E-state index in [1.807, 2.05) is 0 Å². The van der Waals surface area contributed by atoms with Crippen LogP contribution in [0, 0.1) is 0 Å². The summed E-state index contributed by atoms with van der Waals surface area (Å²) in [5.74, 6) is -10.3. The average molecular weight is 1750 g/mol. The van der Waals surface area contributed by atoms with Gasteiger partial charge in [-0.1, -0.05) is 6.58 Å². The Morgan fingerprint density at radius 1 is 0.205 bits per heavy atom. The van der Waals surface area contributed by atoms with Crippen LogP contribution in [-0.4, -0.2) is 439 Å². The second-order valence-electron chi connectivity index (χ2n) is 27.1. The standard InChI is InChI=1S/C64H100O41S7/c1-23(65)2-9-106-16-24-51-37(78)44(85)58(92-24)100-52-25(17-107-10-3-31(66)67)94-60(46(87)39(52)80)102-54-27(19-109-12-5-33(70)71)96-62(48(89)41(54)82)104-56-29(21-111-14-7-35(74)75)98-64(50(91)43(56)84)105-57-30(22-112-15-8-36(76)77)97-63(49(90)42(57)83)103-55-28(20-110-13-6-34(72)73)95-61(47(88)40(55)81)101-53-26(18-108-11-4-32(68)69)93-59(99-51)45(86)38(53)79/h24-30,37-65,78-91H,1-22H2,(H,66,67)(H,68,69)(H,70,71)(H,72,73)(H,74,75)(H,76,77)/t24?,25?,26?,27?,28?,29?,30?,37?,38?,39?,40?,41?,42?,43?,44?,45?,46?,47?,48?,49?,50?,51-,52-,53-,54-,55-,56-,57-,58-,59-,60+,61-,62-,63-,64-/m1/s1. The van der Waals surface area contributed by atoms with Gasteiger partial charge in [0.25, 0.3) is 0 Å². The number of hydrogen-bond donors (Lipinski definition) is 21. The van der Waals surface area contributed by atoms with Crippen molar-refractivity contribution in [3.05, 3.63) is 12.3 Å². The minimum Gasteiger partial charge on any atom is -0.513 e. The Kier molecular flexibility index (Phi) is 39.0. The maximum Gasteiger partial charge on any atom is 0.304 e. The number of aliphatic hydroxyl groups excluding tert-OH is 15. The summed E-state index contributed by atoms with van der Waals surface area (Å²) in [6, 6.07) is 0. The maximum atomic E-state index is 12.2. The smallest absolute Gasteiger partial charge is 0.304 e. The SMILES string of the molecule is C=C(O)CCSCC1O[C@@H]2O[C@@H]3C(CSCCC(=O)O)O[C@@H](O[C@@H]4C(CSCCC(=O)O)O[C@H](O[C@@H]5C(CSCCC(=O)O)O[C@H](O[C@@H]6C(CSCCC(=O)O)O[C@H](O[C@@H]7C(CSCCC(=O)O)O[C@H](O[C@@H]8C(CSCCC(=O)O)O[C@H](O[C@H]1C(O)C2O)C(O)C8O)C(O)C7O)C(O)C6O)C(O)C5O)C(O)C4O)C(O)C3O. The van der Waals surface area contributed by atoms with Gasteiger partial charge in [-0.2, -0.15) is 82.3 Å². The predicted molar refractivity (Wildman–Crippen MR) is 390 cm³/mol. The molecule has 644 valence electrons. The van der Waals surface area contributed by atoms with Crippen molar-refractivity contribution in [2.24, 2.45) is 0 Å². The van der Waals surface area contributed by atoms with Crippen LogP contribution in [0.3, 0.4) is 0 Å². The Bertz CT molecular complexity index is 2440. The van der Waals surface area contributed by atoms with Gasteiger partial charge in [0, 0.05) is 87.0 Å². The predicted octanol–water partition coefficient (Wildman–Crippen LogP) is -5.73. The molecular weight excluding hydrogens is 1650 g/mol. The first-order chi connectivity index (χ1) is 53.1. The van der Waals surface area contributed by atoms with Crippen LogP contribution in [0.2, 0.25) is 0 Å². The quantitative estimate of drug-likeness (QED) is 0.0208. The molecule has 41 nitrogen and oxygen atoms in total. The highest BCUT2D eigenvalue weighted by Crippen LogP contribution is 2.42. The lowest BCUT2D eigenvalue weighted by molar-refractivity contribution is -0.389. The van der Waals surface area contributed by atoms with Gasteiger partial charge >= 0.3 is 35.8 Å². The van der Waals surface area contributed by atoms with E-state index in [9.17, 15) is 136 Å². The lowest BCUT2D eigenvalue weighted by Gasteiger charge is -2.50. The molecule has 21 fully saturated rings. The van der Waals surface area contributed by atoms with E-state index in [1.54, 1.807) is 0 Å². The van der Waals surface area contributed by atoms with Crippen LogP contribution in [0.15, 0.2) is 12.3 Å². The molecule has 35 atom stereocenters. The monoisotopic (exact) mass is 1750 g/mol. The van der Waals surface area contributed by atoms with Crippen LogP contribution in [0.4, 0.5) is 0 Å². The third-order valence-electron chi connectivity index (χ3n) is 18.8. The lowest BCUT2D eigenvalue weighted by Crippen LogP contribution is -2.68. The zero-order valence-electron chi connectivity index (χ0n) is 59.7. The van der Waals surface area contributed by atoms with E-state index in [4.69, 9.17) is 66.3 Å². The molecule has 48 heteroatoms. The third-order valence-corrected chi connectivity index (χ3v) is 26.2. The van der Waals surface area contributed by atoms with E-state index in [1.165, 1.54) is 0 Å². The lowest BCUT2D eigenvalue weighted by atomic mass is 9.95. The summed E-state index contributed by atoms with van der Waals surface area (Å²) in [6.45, 7) is 3.49. The molecule has 0 spiro atoms. The molecule has 21 rings (SSSR count). The summed E-state index contributed by atoms with van der Waals surface area (Å²) in [6.07, 6.45) is -71.9. The molecule has 21 saturated heterocycles. The number of allylic oxidation sites excluding steroid dienone is 1. The van der Waals surface area contributed by atoms with Gasteiger partial charge in [-0.05, 0) is 0 Å². The second kappa shape index (κ2) is 45.9. The van der Waals surface area contributed by atoms with Gasteiger partial charge in [0.2, 0.25) is 0 Å². The van der Waals surface area contributed by atoms with Crippen molar-refractivity contribution in [3.63, 3.8) is 0 Å². The van der Waals surface area contributed by atoms with Gasteiger partial charge in [-0.3, -0.25) is 28.8 Å². The maximum absolute atomic E-state index is 12.2. The molecule has 21 aliphatic heterocycles. The topological polar surface area (TPSA) is 656 Å². The number of carboxylic acids is 6. The van der Waals surface area contributed by atoms with Crippen molar-refractivity contribution in [1.82, 2.24) is 0 Å². The van der Waals surface area contributed by atoms with Crippen LogP contribution in [0.1, 0.15) is 44.9 Å². The fraction of sp³-hybridized carbons (Fsp3) is 0.875. The molecule has 21 heterocycles. The van der Waals surface area contributed by atoms with E-state index >= 15 is 0 Å². The minimum atomic E-state index is -2.27. The number of rotatable bonds is 35. The number of carbonyl (C=O) groups is 6. The van der Waals surface area contributed by atoms with E-state index in [2.05, 4.69) is 6.58 Å². The molecule has 0 aliphatic carbocycles. The highest BCUT2D eigenvalue weighted by atomic mass is 32.2. The zero-order valence-corrected chi connectivity index (χ0v) is 65.4. The molecule has 21 unspecified atom stereocenters. The fourth-order valence-corrected chi connectivity index (χ4v) is 19.8. The van der Waals surface area contributed by atoms with Gasteiger partial charge in [-0.25, -0.2) is 0 Å². The number of ether oxygens (including phenoxy) is 14. The van der Waals surface area contributed by atoms with Crippen molar-refractivity contribution in [2.45, 2.75) is 260 Å². The van der Waals surface area contributed by atoms with E-state index < -0.39 is 289 Å². The first kappa shape index (κ1) is 95.2. The molecule has 0 aromatic heterocycles. The molecule has 21 N–H and O–H groups in total. The van der Waals surface area contributed by atoms with Crippen LogP contribution in [-0.2, 0) is 95.1 Å². The molecule has 21 aliphatic rings. The molecule has 0 aromatic rings. The first-order valence-corrected chi connectivity index (χ1v) is 43.6. The molecule has 0 radical (unpaired) electrons. The minimum absolute atomic E-state index is 0.0121. The summed E-state index contributed by atoms with van der Waals surface area (Å²) in [7, 11) is 0. The van der Waals surface area contributed by atoms with Gasteiger partial charge in [0.05, 0.1) is 87.0 Å². The van der Waals surface area contributed by atoms with E-state index in [0.29, 0.717) is 0 Å². The molecule has 0 amide bonds. The summed E-state index contributed by atoms with van der Waals surface area (Å²) in [5.41, 5.74) is 0. The largest absolute Gasteiger partial charge is 0.513 e. The number of thioether (sulfide) groups is 7. The normalized spacial score (nSPS) is 41.5. The molecule has 112 heavy (non-hydrogen) atoms. The molecular formula is C64H100O41S7. The summed E-state index contributed by atoms with van der Waals surface area (Å²) >= 11 is 6.58. The number of aliphatic hydroxyl groups is 15. The van der Waals surface area contributed by atoms with E-state index in [-0.39, 0.29) is 92.7 Å². The molecule has 14 bridgehead atoms. The van der Waals surface area contributed by atoms with Crippen molar-refractivity contribution in [3.8, 4) is 0 Å². The van der Waals surface area contributed by atoms with Crippen molar-refractivity contribution in [2.75, 3.05) is 80.5 Å². The van der Waals surface area contributed by atoms with Crippen molar-refractivity contribution < 1.29 is 202 Å². The number of carboxylic acid groups (broad SMARTS) is 6. The number of hydrogen-bond acceptors (Lipinski definition) is 42. The van der Waals surface area contributed by atoms with E-state index in [0.717, 1.165) is 82.3 Å². The number of aliphatic carboxylic acids is 6. The average Bonchev–Trinajstić information content (AvgIpc) is 0.778. The Hall–Kier alpha value is -2.31. The fourth-order valence-electron chi connectivity index (χ4n) is 12.9. The Morgan fingerprint density at radius 2 is 0.330 bits per heavy atom. The van der Waals surface area contributed by atoms with Crippen LogP contribution < -0.4 is 0 Å². The van der Waals surface area contributed by atoms with Crippen molar-refractivity contribution >= 4 is 118 Å². The van der Waals surface area contributed by atoms with Gasteiger partial charge < -0.3 is 174 Å². The highest BCUT2D eigenvalue weighted by molar-refractivity contribution is 8.00. The second-order valence-corrected chi connectivity index (χ2v) is 35.1. The highest BCUT2D eigenvalue weighted by Gasteiger charge is 2.60. The molecule has 0 aromatic carbocycles. The van der Waals surface area contributed by atoms with Gasteiger partial charge in [-0.15, -0.1) is 0 Å². The zero-order chi connectivity index (χ0) is 81.9. The van der Waals surface area contributed by atoms with Gasteiger partial charge in [0.15, 0.2) is 44.0 Å². The summed E-state index contributed by atoms with van der Waals surface area (Å²) in [5, 5.41) is 237.